The molecule has 0 saturated carbocycles. The Kier molecular flexibility index (Phi) is 6.63. The van der Waals surface area contributed by atoms with E-state index < -0.39 is 5.91 Å². The predicted octanol–water partition coefficient (Wildman–Crippen LogP) is 3.01. The number of carbonyl (C=O) groups excluding carboxylic acids is 1. The zero-order chi connectivity index (χ0) is 16.2. The Labute approximate surface area is 153 Å². The van der Waals surface area contributed by atoms with Crippen molar-refractivity contribution in [2.24, 2.45) is 5.73 Å². The fourth-order valence-electron chi connectivity index (χ4n) is 3.04. The zero-order valence-electron chi connectivity index (χ0n) is 13.2. The van der Waals surface area contributed by atoms with Gasteiger partial charge in [0.15, 0.2) is 0 Å². The van der Waals surface area contributed by atoms with Gasteiger partial charge < -0.3 is 11.1 Å². The maximum Gasteiger partial charge on any atom is 0.248 e. The van der Waals surface area contributed by atoms with Crippen molar-refractivity contribution in [2.75, 3.05) is 19.6 Å². The summed E-state index contributed by atoms with van der Waals surface area (Å²) in [6.45, 7) is 3.56. The Morgan fingerprint density at radius 1 is 1.25 bits per heavy atom. The lowest BCUT2D eigenvalue weighted by atomic mass is 10.0. The smallest absolute Gasteiger partial charge is 0.248 e. The van der Waals surface area contributed by atoms with Gasteiger partial charge in [0.05, 0.1) is 0 Å². The van der Waals surface area contributed by atoms with Gasteiger partial charge in [0.2, 0.25) is 5.91 Å². The summed E-state index contributed by atoms with van der Waals surface area (Å²) in [5.74, 6) is -0.390. The van der Waals surface area contributed by atoms with Gasteiger partial charge in [0.25, 0.3) is 0 Å². The predicted molar refractivity (Wildman–Crippen MR) is 99.7 cm³/mol. The van der Waals surface area contributed by atoms with Gasteiger partial charge in [-0.05, 0) is 35.4 Å². The quantitative estimate of drug-likeness (QED) is 0.875. The van der Waals surface area contributed by atoms with E-state index in [1.165, 1.54) is 5.56 Å². The Bertz CT molecular complexity index is 708. The minimum atomic E-state index is -0.390. The van der Waals surface area contributed by atoms with Crippen molar-refractivity contribution >= 4 is 29.9 Å². The first-order chi connectivity index (χ1) is 11.1. The molecule has 3 rings (SSSR count). The molecule has 2 aromatic carbocycles. The molecule has 6 heteroatoms. The highest BCUT2D eigenvalue weighted by Gasteiger charge is 2.24. The second-order valence-corrected chi connectivity index (χ2v) is 6.25. The molecule has 0 aliphatic carbocycles. The van der Waals surface area contributed by atoms with E-state index in [1.54, 1.807) is 6.07 Å². The van der Waals surface area contributed by atoms with Crippen LogP contribution in [0.15, 0.2) is 48.5 Å². The van der Waals surface area contributed by atoms with Crippen molar-refractivity contribution in [3.05, 3.63) is 70.2 Å². The van der Waals surface area contributed by atoms with Gasteiger partial charge in [-0.25, -0.2) is 0 Å². The summed E-state index contributed by atoms with van der Waals surface area (Å²) in [7, 11) is 0. The Balaban J connectivity index is 0.00000208. The Hall–Kier alpha value is -1.59. The number of primary amides is 1. The third-order valence-corrected chi connectivity index (χ3v) is 4.42. The number of carbonyl (C=O) groups is 1. The number of amides is 1. The van der Waals surface area contributed by atoms with Crippen LogP contribution in [0.3, 0.4) is 0 Å². The highest BCUT2D eigenvalue weighted by molar-refractivity contribution is 6.30. The van der Waals surface area contributed by atoms with E-state index in [0.717, 1.165) is 36.8 Å². The van der Waals surface area contributed by atoms with E-state index in [0.29, 0.717) is 5.56 Å². The zero-order valence-corrected chi connectivity index (χ0v) is 14.8. The summed E-state index contributed by atoms with van der Waals surface area (Å²) in [5, 5.41) is 4.19. The molecule has 128 valence electrons. The Morgan fingerprint density at radius 2 is 2.04 bits per heavy atom. The molecule has 1 amide bonds. The topological polar surface area (TPSA) is 58.4 Å². The molecule has 0 spiro atoms. The lowest BCUT2D eigenvalue weighted by molar-refractivity contribution is 0.1000. The summed E-state index contributed by atoms with van der Waals surface area (Å²) in [6, 6.07) is 15.8. The molecule has 1 heterocycles. The van der Waals surface area contributed by atoms with Gasteiger partial charge in [-0.15, -0.1) is 12.4 Å². The molecule has 1 aliphatic rings. The van der Waals surface area contributed by atoms with Gasteiger partial charge in [0, 0.05) is 42.8 Å². The van der Waals surface area contributed by atoms with E-state index in [-0.39, 0.29) is 18.4 Å². The van der Waals surface area contributed by atoms with Crippen molar-refractivity contribution < 1.29 is 4.79 Å². The van der Waals surface area contributed by atoms with E-state index in [4.69, 9.17) is 17.3 Å². The SMILES string of the molecule is Cl.NC(=O)c1cccc(CN2CCNCC2c2cccc(Cl)c2)c1. The van der Waals surface area contributed by atoms with Crippen LogP contribution in [0.1, 0.15) is 27.5 Å². The van der Waals surface area contributed by atoms with Crippen LogP contribution in [0.2, 0.25) is 5.02 Å². The van der Waals surface area contributed by atoms with Crippen molar-refractivity contribution in [2.45, 2.75) is 12.6 Å². The molecule has 2 aromatic rings. The Morgan fingerprint density at radius 3 is 2.79 bits per heavy atom. The van der Waals surface area contributed by atoms with Crippen molar-refractivity contribution in [1.82, 2.24) is 10.2 Å². The number of benzene rings is 2. The molecule has 3 N–H and O–H groups in total. The number of nitrogens with two attached hydrogens (primary N) is 1. The lowest BCUT2D eigenvalue weighted by Crippen LogP contribution is -2.45. The number of halogens is 2. The summed E-state index contributed by atoms with van der Waals surface area (Å²) < 4.78 is 0. The number of nitrogens with zero attached hydrogens (tertiary/aromatic N) is 1. The van der Waals surface area contributed by atoms with Crippen LogP contribution < -0.4 is 11.1 Å². The fourth-order valence-corrected chi connectivity index (χ4v) is 3.23. The largest absolute Gasteiger partial charge is 0.366 e. The molecule has 1 aliphatic heterocycles. The molecule has 0 radical (unpaired) electrons. The standard InChI is InChI=1S/C18H20ClN3O.ClH/c19-16-6-2-4-14(10-16)17-11-21-7-8-22(17)12-13-3-1-5-15(9-13)18(20)23;/h1-6,9-10,17,21H,7-8,11-12H2,(H2,20,23);1H. The molecule has 0 aromatic heterocycles. The fraction of sp³-hybridized carbons (Fsp3) is 0.278. The normalized spacial score (nSPS) is 18.0. The van der Waals surface area contributed by atoms with Crippen LogP contribution >= 0.6 is 24.0 Å². The van der Waals surface area contributed by atoms with Crippen LogP contribution in [-0.2, 0) is 6.54 Å². The van der Waals surface area contributed by atoms with Gasteiger partial charge in [-0.2, -0.15) is 0 Å². The summed E-state index contributed by atoms with van der Waals surface area (Å²) in [5.41, 5.74) is 8.22. The highest BCUT2D eigenvalue weighted by Crippen LogP contribution is 2.26. The summed E-state index contributed by atoms with van der Waals surface area (Å²) in [4.78, 5) is 13.8. The number of rotatable bonds is 4. The molecule has 1 unspecified atom stereocenters. The van der Waals surface area contributed by atoms with Gasteiger partial charge in [-0.1, -0.05) is 35.9 Å². The van der Waals surface area contributed by atoms with Crippen LogP contribution in [0, 0.1) is 0 Å². The molecular formula is C18H21Cl2N3O. The number of nitrogens with one attached hydrogen (secondary N) is 1. The first-order valence-electron chi connectivity index (χ1n) is 7.72. The summed E-state index contributed by atoms with van der Waals surface area (Å²) in [6.07, 6.45) is 0. The van der Waals surface area contributed by atoms with Gasteiger partial charge in [-0.3, -0.25) is 9.69 Å². The molecule has 24 heavy (non-hydrogen) atoms. The molecule has 4 nitrogen and oxygen atoms in total. The monoisotopic (exact) mass is 365 g/mol. The maximum absolute atomic E-state index is 11.4. The van der Waals surface area contributed by atoms with Gasteiger partial charge >= 0.3 is 0 Å². The van der Waals surface area contributed by atoms with Crippen LogP contribution in [-0.4, -0.2) is 30.4 Å². The molecule has 1 fully saturated rings. The van der Waals surface area contributed by atoms with E-state index in [1.807, 2.05) is 36.4 Å². The second-order valence-electron chi connectivity index (χ2n) is 5.81. The van der Waals surface area contributed by atoms with Crippen LogP contribution in [0.5, 0.6) is 0 Å². The van der Waals surface area contributed by atoms with Gasteiger partial charge in [0.1, 0.15) is 0 Å². The number of hydrogen-bond donors (Lipinski definition) is 2. The van der Waals surface area contributed by atoms with Crippen molar-refractivity contribution in [1.29, 1.82) is 0 Å². The molecule has 0 bridgehead atoms. The van der Waals surface area contributed by atoms with Crippen molar-refractivity contribution in [3.63, 3.8) is 0 Å². The minimum Gasteiger partial charge on any atom is -0.366 e. The molecule has 1 atom stereocenters. The first kappa shape index (κ1) is 18.7. The van der Waals surface area contributed by atoms with Crippen LogP contribution in [0.25, 0.3) is 0 Å². The highest BCUT2D eigenvalue weighted by atomic mass is 35.5. The average molecular weight is 366 g/mol. The average Bonchev–Trinajstić information content (AvgIpc) is 2.55. The number of hydrogen-bond acceptors (Lipinski definition) is 3. The lowest BCUT2D eigenvalue weighted by Gasteiger charge is -2.36. The van der Waals surface area contributed by atoms with E-state index >= 15 is 0 Å². The van der Waals surface area contributed by atoms with Crippen molar-refractivity contribution in [3.8, 4) is 0 Å². The number of piperazine rings is 1. The maximum atomic E-state index is 11.4. The molecular weight excluding hydrogens is 345 g/mol. The third-order valence-electron chi connectivity index (χ3n) is 4.18. The minimum absolute atomic E-state index is 0. The first-order valence-corrected chi connectivity index (χ1v) is 8.10. The second kappa shape index (κ2) is 8.49. The van der Waals surface area contributed by atoms with E-state index in [9.17, 15) is 4.79 Å². The van der Waals surface area contributed by atoms with Crippen LogP contribution in [0.4, 0.5) is 0 Å². The third kappa shape index (κ3) is 4.48. The van der Waals surface area contributed by atoms with E-state index in [2.05, 4.69) is 16.3 Å². The summed E-state index contributed by atoms with van der Waals surface area (Å²) >= 11 is 6.14. The molecule has 1 saturated heterocycles.